The fourth-order valence-electron chi connectivity index (χ4n) is 5.83. The summed E-state index contributed by atoms with van der Waals surface area (Å²) in [6.45, 7) is 4.54. The quantitative estimate of drug-likeness (QED) is 0.259. The topological polar surface area (TPSA) is 49.8 Å². The van der Waals surface area contributed by atoms with E-state index in [4.69, 9.17) is 4.42 Å². The van der Waals surface area contributed by atoms with E-state index >= 15 is 0 Å². The van der Waals surface area contributed by atoms with E-state index in [1.807, 2.05) is 42.5 Å². The van der Waals surface area contributed by atoms with Gasteiger partial charge in [-0.15, -0.1) is 0 Å². The number of nitrogens with zero attached hydrogens (tertiary/aromatic N) is 2. The third kappa shape index (κ3) is 2.76. The Labute approximate surface area is 209 Å². The second-order valence-electron chi connectivity index (χ2n) is 9.91. The lowest BCUT2D eigenvalue weighted by Gasteiger charge is -2.22. The van der Waals surface area contributed by atoms with Gasteiger partial charge < -0.3 is 4.42 Å². The van der Waals surface area contributed by atoms with Crippen LogP contribution in [-0.4, -0.2) is 4.98 Å². The van der Waals surface area contributed by atoms with Gasteiger partial charge in [-0.1, -0.05) is 68.4 Å². The number of pyridine rings is 1. The number of hydrogen-bond acceptors (Lipinski definition) is 3. The summed E-state index contributed by atoms with van der Waals surface area (Å²) in [6, 6.07) is 33.5. The highest BCUT2D eigenvalue weighted by molar-refractivity contribution is 6.13. The molecule has 0 unspecified atom stereocenters. The number of nitriles is 1. The van der Waals surface area contributed by atoms with Gasteiger partial charge in [-0.05, 0) is 64.2 Å². The van der Waals surface area contributed by atoms with Gasteiger partial charge in [0.2, 0.25) is 0 Å². The summed E-state index contributed by atoms with van der Waals surface area (Å²) in [6.07, 6.45) is 1.79. The first-order valence-electron chi connectivity index (χ1n) is 12.1. The molecule has 36 heavy (non-hydrogen) atoms. The van der Waals surface area contributed by atoms with Crippen molar-refractivity contribution in [2.24, 2.45) is 0 Å². The molecule has 2 aromatic heterocycles. The summed E-state index contributed by atoms with van der Waals surface area (Å²) in [5.41, 5.74) is 10.8. The molecule has 1 aliphatic carbocycles. The summed E-state index contributed by atoms with van der Waals surface area (Å²) in [7, 11) is 0. The molecule has 0 bridgehead atoms. The van der Waals surface area contributed by atoms with E-state index in [0.29, 0.717) is 5.56 Å². The highest BCUT2D eigenvalue weighted by atomic mass is 16.3. The van der Waals surface area contributed by atoms with Crippen LogP contribution >= 0.6 is 0 Å². The minimum absolute atomic E-state index is 0.122. The number of rotatable bonds is 2. The van der Waals surface area contributed by atoms with Crippen LogP contribution in [0.2, 0.25) is 0 Å². The van der Waals surface area contributed by atoms with Crippen molar-refractivity contribution in [1.82, 2.24) is 4.98 Å². The third-order valence-electron chi connectivity index (χ3n) is 7.60. The Morgan fingerprint density at radius 3 is 2.33 bits per heavy atom. The molecule has 0 saturated carbocycles. The summed E-state index contributed by atoms with van der Waals surface area (Å²) < 4.78 is 6.61. The third-order valence-corrected chi connectivity index (χ3v) is 7.60. The van der Waals surface area contributed by atoms with E-state index in [1.165, 1.54) is 22.3 Å². The van der Waals surface area contributed by atoms with Crippen LogP contribution in [0.3, 0.4) is 0 Å². The van der Waals surface area contributed by atoms with E-state index in [1.54, 1.807) is 6.20 Å². The number of fused-ring (bicyclic) bond motifs is 6. The van der Waals surface area contributed by atoms with Crippen molar-refractivity contribution in [3.05, 3.63) is 114 Å². The van der Waals surface area contributed by atoms with Crippen molar-refractivity contribution in [3.8, 4) is 39.6 Å². The lowest BCUT2D eigenvalue weighted by atomic mass is 9.81. The first kappa shape index (κ1) is 20.7. The van der Waals surface area contributed by atoms with Crippen molar-refractivity contribution in [3.63, 3.8) is 0 Å². The standard InChI is InChI=1S/C33H22N2O/c1-33(2)27-11-4-3-8-22(27)23-15-13-20(18-28(23)33)30-21(19-34)14-16-25-24-9-7-10-26(31(24)36-32(25)30)29-12-5-6-17-35-29/h3-18H,1-2H3. The molecule has 0 amide bonds. The van der Waals surface area contributed by atoms with Gasteiger partial charge >= 0.3 is 0 Å². The van der Waals surface area contributed by atoms with Crippen molar-refractivity contribution in [2.45, 2.75) is 19.3 Å². The molecule has 0 aliphatic heterocycles. The molecule has 4 aromatic carbocycles. The molecule has 7 rings (SSSR count). The first-order valence-corrected chi connectivity index (χ1v) is 12.1. The van der Waals surface area contributed by atoms with Crippen molar-refractivity contribution < 1.29 is 4.42 Å². The maximum Gasteiger partial charge on any atom is 0.144 e. The lowest BCUT2D eigenvalue weighted by molar-refractivity contribution is 0.660. The SMILES string of the molecule is CC1(C)c2ccccc2-c2ccc(-c3c(C#N)ccc4c3oc3c(-c5ccccn5)cccc34)cc21. The van der Waals surface area contributed by atoms with E-state index in [2.05, 4.69) is 73.4 Å². The number of para-hydroxylation sites is 1. The van der Waals surface area contributed by atoms with Crippen LogP contribution < -0.4 is 0 Å². The zero-order valence-electron chi connectivity index (χ0n) is 20.0. The highest BCUT2D eigenvalue weighted by Crippen LogP contribution is 2.50. The first-order chi connectivity index (χ1) is 17.6. The molecule has 0 N–H and O–H groups in total. The van der Waals surface area contributed by atoms with Gasteiger partial charge in [0, 0.05) is 33.5 Å². The molecule has 170 valence electrons. The molecule has 6 aromatic rings. The van der Waals surface area contributed by atoms with Crippen LogP contribution in [0.25, 0.3) is 55.4 Å². The zero-order chi connectivity index (χ0) is 24.4. The molecule has 0 atom stereocenters. The summed E-state index contributed by atoms with van der Waals surface area (Å²) in [5.74, 6) is 0. The maximum absolute atomic E-state index is 10.1. The van der Waals surface area contributed by atoms with Crippen LogP contribution in [0.5, 0.6) is 0 Å². The normalized spacial score (nSPS) is 13.5. The Morgan fingerprint density at radius 2 is 1.50 bits per heavy atom. The minimum Gasteiger partial charge on any atom is -0.455 e. The smallest absolute Gasteiger partial charge is 0.144 e. The molecule has 2 heterocycles. The largest absolute Gasteiger partial charge is 0.455 e. The molecule has 3 nitrogen and oxygen atoms in total. The Balaban J connectivity index is 1.51. The maximum atomic E-state index is 10.1. The van der Waals surface area contributed by atoms with Gasteiger partial charge in [-0.25, -0.2) is 0 Å². The molecular formula is C33H22N2O. The Bertz CT molecular complexity index is 1870. The van der Waals surface area contributed by atoms with Crippen LogP contribution in [0, 0.1) is 11.3 Å². The van der Waals surface area contributed by atoms with Crippen molar-refractivity contribution in [1.29, 1.82) is 5.26 Å². The summed E-state index contributed by atoms with van der Waals surface area (Å²) in [5, 5.41) is 12.1. The van der Waals surface area contributed by atoms with Crippen molar-refractivity contribution >= 4 is 21.9 Å². The predicted octanol–water partition coefficient (Wildman–Crippen LogP) is 8.49. The summed E-state index contributed by atoms with van der Waals surface area (Å²) in [4.78, 5) is 4.55. The van der Waals surface area contributed by atoms with Gasteiger partial charge in [0.25, 0.3) is 0 Å². The molecule has 0 radical (unpaired) electrons. The molecule has 0 saturated heterocycles. The minimum atomic E-state index is -0.122. The number of benzene rings is 4. The molecule has 1 aliphatic rings. The molecule has 0 fully saturated rings. The van der Waals surface area contributed by atoms with Crippen LogP contribution in [0.4, 0.5) is 0 Å². The Hall–Kier alpha value is -4.68. The molecule has 3 heteroatoms. The average molecular weight is 463 g/mol. The number of furan rings is 1. The fourth-order valence-corrected chi connectivity index (χ4v) is 5.83. The summed E-state index contributed by atoms with van der Waals surface area (Å²) >= 11 is 0. The zero-order valence-corrected chi connectivity index (χ0v) is 20.0. The molecule has 0 spiro atoms. The monoisotopic (exact) mass is 462 g/mol. The fraction of sp³-hybridized carbons (Fsp3) is 0.0909. The number of aromatic nitrogens is 1. The Morgan fingerprint density at radius 1 is 0.722 bits per heavy atom. The van der Waals surface area contributed by atoms with E-state index < -0.39 is 0 Å². The van der Waals surface area contributed by atoms with Gasteiger partial charge in [-0.3, -0.25) is 4.98 Å². The van der Waals surface area contributed by atoms with E-state index in [0.717, 1.165) is 44.3 Å². The van der Waals surface area contributed by atoms with Crippen LogP contribution in [0.1, 0.15) is 30.5 Å². The van der Waals surface area contributed by atoms with E-state index in [-0.39, 0.29) is 5.41 Å². The average Bonchev–Trinajstić information content (AvgIpc) is 3.41. The van der Waals surface area contributed by atoms with Crippen molar-refractivity contribution in [2.75, 3.05) is 0 Å². The number of hydrogen-bond donors (Lipinski definition) is 0. The van der Waals surface area contributed by atoms with Crippen LogP contribution in [0.15, 0.2) is 102 Å². The van der Waals surface area contributed by atoms with Gasteiger partial charge in [0.1, 0.15) is 11.2 Å². The second-order valence-corrected chi connectivity index (χ2v) is 9.91. The highest BCUT2D eigenvalue weighted by Gasteiger charge is 2.35. The molecular weight excluding hydrogens is 440 g/mol. The van der Waals surface area contributed by atoms with Gasteiger partial charge in [0.05, 0.1) is 17.3 Å². The lowest BCUT2D eigenvalue weighted by Crippen LogP contribution is -2.14. The van der Waals surface area contributed by atoms with Gasteiger partial charge in [-0.2, -0.15) is 5.26 Å². The second kappa shape index (κ2) is 7.41. The predicted molar refractivity (Wildman–Crippen MR) is 145 cm³/mol. The van der Waals surface area contributed by atoms with E-state index in [9.17, 15) is 5.26 Å². The van der Waals surface area contributed by atoms with Gasteiger partial charge in [0.15, 0.2) is 0 Å². The Kier molecular flexibility index (Phi) is 4.25. The van der Waals surface area contributed by atoms with Crippen LogP contribution in [-0.2, 0) is 5.41 Å².